The molecule has 13 heavy (non-hydrogen) atoms. The second-order valence-electron chi connectivity index (χ2n) is 2.18. The maximum absolute atomic E-state index is 9.76. The Hall–Kier alpha value is -0.530. The molecule has 0 aromatic carbocycles. The highest BCUT2D eigenvalue weighted by Crippen LogP contribution is 1.96. The van der Waals surface area contributed by atoms with E-state index in [0.29, 0.717) is 0 Å². The van der Waals surface area contributed by atoms with Crippen LogP contribution in [0.15, 0.2) is 0 Å². The second kappa shape index (κ2) is 9.56. The van der Waals surface area contributed by atoms with Crippen molar-refractivity contribution in [2.24, 2.45) is 0 Å². The first kappa shape index (κ1) is 15.0. The normalized spacial score (nSPS) is 16.5. The van der Waals surface area contributed by atoms with E-state index in [2.05, 4.69) is 0 Å². The third-order valence-corrected chi connectivity index (χ3v) is 1.07. The zero-order chi connectivity index (χ0) is 10.9. The smallest absolute Gasteiger partial charge is 0.151 e. The molecule has 0 radical (unpaired) electrons. The molecule has 0 fully saturated rings. The van der Waals surface area contributed by atoms with E-state index in [1.54, 1.807) is 6.92 Å². The Balaban J connectivity index is 0. The Morgan fingerprint density at radius 2 is 1.62 bits per heavy atom. The van der Waals surface area contributed by atoms with Crippen molar-refractivity contribution < 1.29 is 30.3 Å². The Morgan fingerprint density at radius 3 is 1.85 bits per heavy atom. The third-order valence-electron chi connectivity index (χ3n) is 1.07. The van der Waals surface area contributed by atoms with Gasteiger partial charge in [0.15, 0.2) is 6.29 Å². The van der Waals surface area contributed by atoms with E-state index in [-0.39, 0.29) is 12.9 Å². The maximum atomic E-state index is 9.76. The number of aliphatic hydroxyl groups is 5. The van der Waals surface area contributed by atoms with E-state index >= 15 is 0 Å². The molecule has 0 aliphatic rings. The molecular formula is C7H16O6. The first-order valence-corrected chi connectivity index (χ1v) is 3.76. The van der Waals surface area contributed by atoms with Gasteiger partial charge in [0.2, 0.25) is 0 Å². The molecule has 6 heteroatoms. The molecule has 0 heterocycles. The van der Waals surface area contributed by atoms with Crippen LogP contribution in [0.3, 0.4) is 0 Å². The Morgan fingerprint density at radius 1 is 1.23 bits per heavy atom. The van der Waals surface area contributed by atoms with E-state index in [4.69, 9.17) is 25.5 Å². The van der Waals surface area contributed by atoms with Crippen molar-refractivity contribution in [1.29, 1.82) is 0 Å². The van der Waals surface area contributed by atoms with Gasteiger partial charge in [-0.25, -0.2) is 0 Å². The minimum Gasteiger partial charge on any atom is -0.397 e. The highest BCUT2D eigenvalue weighted by atomic mass is 16.4. The van der Waals surface area contributed by atoms with Crippen LogP contribution in [-0.4, -0.2) is 63.3 Å². The van der Waals surface area contributed by atoms with E-state index in [1.807, 2.05) is 0 Å². The van der Waals surface area contributed by atoms with Crippen LogP contribution in [0.1, 0.15) is 6.92 Å². The first-order valence-electron chi connectivity index (χ1n) is 3.76. The summed E-state index contributed by atoms with van der Waals surface area (Å²) in [6, 6.07) is 0. The minimum atomic E-state index is -1.64. The van der Waals surface area contributed by atoms with Gasteiger partial charge in [0.1, 0.15) is 18.3 Å². The lowest BCUT2D eigenvalue weighted by Gasteiger charge is -2.16. The Labute approximate surface area is 76.1 Å². The topological polar surface area (TPSA) is 118 Å². The molecule has 0 saturated heterocycles. The summed E-state index contributed by atoms with van der Waals surface area (Å²) in [7, 11) is 0. The number of aliphatic hydroxyl groups excluding tert-OH is 5. The van der Waals surface area contributed by atoms with E-state index < -0.39 is 24.9 Å². The van der Waals surface area contributed by atoms with E-state index in [1.165, 1.54) is 0 Å². The summed E-state index contributed by atoms with van der Waals surface area (Å²) in [6.07, 6.45) is -4.63. The first-order chi connectivity index (χ1) is 6.04. The molecule has 0 aromatic heterocycles. The van der Waals surface area contributed by atoms with Crippen molar-refractivity contribution in [3.05, 3.63) is 0 Å². The van der Waals surface area contributed by atoms with Gasteiger partial charge in [-0.2, -0.15) is 0 Å². The summed E-state index contributed by atoms with van der Waals surface area (Å²) in [5.74, 6) is 0. The summed E-state index contributed by atoms with van der Waals surface area (Å²) < 4.78 is 0. The van der Waals surface area contributed by atoms with Crippen molar-refractivity contribution in [3.63, 3.8) is 0 Å². The fourth-order valence-electron chi connectivity index (χ4n) is 0.416. The van der Waals surface area contributed by atoms with Crippen molar-refractivity contribution >= 4 is 6.29 Å². The standard InChI is InChI=1S/C5H10O5.C2H6O/c6-1-3(8)5(10)4(9)2-7;1-2-3/h1,3-5,7-10H,2H2;3H,2H2,1H3/t3-,4+,5+;/m0./s1. The number of carbonyl (C=O) groups is 1. The van der Waals surface area contributed by atoms with Crippen LogP contribution in [0.5, 0.6) is 0 Å². The zero-order valence-electron chi connectivity index (χ0n) is 7.37. The molecule has 0 amide bonds. The van der Waals surface area contributed by atoms with Gasteiger partial charge in [-0.05, 0) is 6.92 Å². The highest BCUT2D eigenvalue weighted by molar-refractivity contribution is 5.56. The molecule has 0 bridgehead atoms. The predicted octanol–water partition coefficient (Wildman–Crippen LogP) is -2.74. The van der Waals surface area contributed by atoms with Crippen molar-refractivity contribution in [2.45, 2.75) is 25.2 Å². The molecule has 0 saturated carbocycles. The van der Waals surface area contributed by atoms with Crippen molar-refractivity contribution in [3.8, 4) is 0 Å². The average molecular weight is 196 g/mol. The van der Waals surface area contributed by atoms with Crippen molar-refractivity contribution in [2.75, 3.05) is 13.2 Å². The molecule has 5 N–H and O–H groups in total. The summed E-state index contributed by atoms with van der Waals surface area (Å²) >= 11 is 0. The number of hydrogen-bond donors (Lipinski definition) is 5. The predicted molar refractivity (Wildman–Crippen MR) is 43.9 cm³/mol. The highest BCUT2D eigenvalue weighted by Gasteiger charge is 2.22. The minimum absolute atomic E-state index is 0.0869. The number of aldehydes is 1. The lowest BCUT2D eigenvalue weighted by atomic mass is 10.1. The average Bonchev–Trinajstić information content (AvgIpc) is 2.15. The van der Waals surface area contributed by atoms with Crippen LogP contribution in [0.4, 0.5) is 0 Å². The lowest BCUT2D eigenvalue weighted by Crippen LogP contribution is -2.40. The molecule has 0 spiro atoms. The third kappa shape index (κ3) is 7.82. The van der Waals surface area contributed by atoms with Crippen LogP contribution < -0.4 is 0 Å². The van der Waals surface area contributed by atoms with Gasteiger partial charge in [-0.3, -0.25) is 0 Å². The Bertz CT molecular complexity index is 118. The van der Waals surface area contributed by atoms with Crippen LogP contribution in [-0.2, 0) is 4.79 Å². The van der Waals surface area contributed by atoms with Gasteiger partial charge in [-0.15, -0.1) is 0 Å². The zero-order valence-corrected chi connectivity index (χ0v) is 7.37. The molecule has 0 aromatic rings. The lowest BCUT2D eigenvalue weighted by molar-refractivity contribution is -0.127. The summed E-state index contributed by atoms with van der Waals surface area (Å²) in [4.78, 5) is 9.76. The summed E-state index contributed by atoms with van der Waals surface area (Å²) in [5, 5.41) is 41.6. The van der Waals surface area contributed by atoms with Gasteiger partial charge in [0.25, 0.3) is 0 Å². The quantitative estimate of drug-likeness (QED) is 0.311. The van der Waals surface area contributed by atoms with E-state index in [0.717, 1.165) is 0 Å². The molecule has 3 atom stereocenters. The largest absolute Gasteiger partial charge is 0.397 e. The van der Waals surface area contributed by atoms with Gasteiger partial charge >= 0.3 is 0 Å². The molecule has 80 valence electrons. The van der Waals surface area contributed by atoms with Gasteiger partial charge in [-0.1, -0.05) is 0 Å². The SMILES string of the molecule is CCO.O=C[C@H](O)[C@@H](O)[C@H](O)CO. The summed E-state index contributed by atoms with van der Waals surface area (Å²) in [5.41, 5.74) is 0. The maximum Gasteiger partial charge on any atom is 0.151 e. The fraction of sp³-hybridized carbons (Fsp3) is 0.857. The molecular weight excluding hydrogens is 180 g/mol. The fourth-order valence-corrected chi connectivity index (χ4v) is 0.416. The van der Waals surface area contributed by atoms with Crippen LogP contribution in [0, 0.1) is 0 Å². The summed E-state index contributed by atoms with van der Waals surface area (Å²) in [6.45, 7) is 1.24. The van der Waals surface area contributed by atoms with Gasteiger partial charge < -0.3 is 30.3 Å². The molecule has 0 aliphatic heterocycles. The number of carbonyl (C=O) groups excluding carboxylic acids is 1. The van der Waals surface area contributed by atoms with Gasteiger partial charge in [0, 0.05) is 6.61 Å². The van der Waals surface area contributed by atoms with E-state index in [9.17, 15) is 4.79 Å². The monoisotopic (exact) mass is 196 g/mol. The number of rotatable bonds is 4. The number of hydrogen-bond acceptors (Lipinski definition) is 6. The molecule has 0 aliphatic carbocycles. The second-order valence-corrected chi connectivity index (χ2v) is 2.18. The molecule has 6 nitrogen and oxygen atoms in total. The van der Waals surface area contributed by atoms with Crippen molar-refractivity contribution in [1.82, 2.24) is 0 Å². The van der Waals surface area contributed by atoms with Gasteiger partial charge in [0.05, 0.1) is 6.61 Å². The van der Waals surface area contributed by atoms with Crippen LogP contribution in [0.25, 0.3) is 0 Å². The molecule has 0 rings (SSSR count). The molecule has 0 unspecified atom stereocenters. The Kier molecular flexibility index (Phi) is 11.0. The van der Waals surface area contributed by atoms with Crippen LogP contribution in [0.2, 0.25) is 0 Å². The van der Waals surface area contributed by atoms with Crippen LogP contribution >= 0.6 is 0 Å².